The molecule has 0 aliphatic heterocycles. The molecule has 1 aromatic carbocycles. The highest BCUT2D eigenvalue weighted by Gasteiger charge is 2.15. The van der Waals surface area contributed by atoms with Crippen molar-refractivity contribution < 1.29 is 17.5 Å². The molecule has 5 nitrogen and oxygen atoms in total. The van der Waals surface area contributed by atoms with Gasteiger partial charge in [-0.2, -0.15) is 8.42 Å². The van der Waals surface area contributed by atoms with Gasteiger partial charge in [-0.25, -0.2) is 9.13 Å². The molecule has 20 heavy (non-hydrogen) atoms. The Balaban J connectivity index is 2.20. The van der Waals surface area contributed by atoms with Crippen LogP contribution >= 0.6 is 0 Å². The number of hydrogen-bond acceptors (Lipinski definition) is 2. The average Bonchev–Trinajstić information content (AvgIpc) is 2.74. The first-order valence-corrected chi connectivity index (χ1v) is 8.54. The van der Waals surface area contributed by atoms with Crippen molar-refractivity contribution in [1.82, 2.24) is 4.57 Å². The molecule has 2 aromatic rings. The fourth-order valence-electron chi connectivity index (χ4n) is 2.34. The zero-order valence-electron chi connectivity index (χ0n) is 11.7. The molecule has 0 bridgehead atoms. The van der Waals surface area contributed by atoms with E-state index in [4.69, 9.17) is 4.55 Å². The number of fused-ring (bicyclic) bond motifs is 1. The van der Waals surface area contributed by atoms with Crippen molar-refractivity contribution in [3.8, 4) is 0 Å². The summed E-state index contributed by atoms with van der Waals surface area (Å²) in [6.07, 6.45) is 4.69. The van der Waals surface area contributed by atoms with E-state index in [1.165, 1.54) is 0 Å². The van der Waals surface area contributed by atoms with Gasteiger partial charge in [0.2, 0.25) is 6.33 Å². The number of unbranched alkanes of at least 4 members (excludes halogenated alkanes) is 1. The Morgan fingerprint density at radius 1 is 1.25 bits per heavy atom. The van der Waals surface area contributed by atoms with Crippen LogP contribution in [0.2, 0.25) is 0 Å². The van der Waals surface area contributed by atoms with Gasteiger partial charge < -0.3 is 0 Å². The largest absolute Gasteiger partial charge is 0.286 e. The third-order valence-electron chi connectivity index (χ3n) is 3.33. The number of nitrogens with zero attached hydrogens (tertiary/aromatic N) is 2. The number of para-hydroxylation sites is 2. The zero-order valence-corrected chi connectivity index (χ0v) is 12.5. The molecule has 0 fully saturated rings. The zero-order chi connectivity index (χ0) is 14.6. The van der Waals surface area contributed by atoms with E-state index in [1.54, 1.807) is 0 Å². The van der Waals surface area contributed by atoms with Crippen molar-refractivity contribution in [1.29, 1.82) is 0 Å². The summed E-state index contributed by atoms with van der Waals surface area (Å²) >= 11 is 0. The second kappa shape index (κ2) is 6.37. The smallest absolute Gasteiger partial charge is 0.265 e. The Hall–Kier alpha value is -1.40. The summed E-state index contributed by atoms with van der Waals surface area (Å²) < 4.78 is 34.6. The normalized spacial score (nSPS) is 12.1. The summed E-state index contributed by atoms with van der Waals surface area (Å²) in [4.78, 5) is 0. The number of aryl methyl sites for hydroxylation is 2. The molecule has 0 radical (unpaired) electrons. The maximum atomic E-state index is 10.8. The highest BCUT2D eigenvalue weighted by molar-refractivity contribution is 7.85. The van der Waals surface area contributed by atoms with Crippen molar-refractivity contribution in [3.05, 3.63) is 30.6 Å². The molecule has 0 aliphatic carbocycles. The third kappa shape index (κ3) is 3.80. The topological polar surface area (TPSA) is 63.2 Å². The highest BCUT2D eigenvalue weighted by Crippen LogP contribution is 2.12. The van der Waals surface area contributed by atoms with E-state index in [9.17, 15) is 8.42 Å². The Labute approximate surface area is 119 Å². The van der Waals surface area contributed by atoms with Gasteiger partial charge in [-0.3, -0.25) is 4.55 Å². The van der Waals surface area contributed by atoms with Crippen LogP contribution in [-0.4, -0.2) is 23.3 Å². The van der Waals surface area contributed by atoms with E-state index in [1.807, 2.05) is 24.5 Å². The van der Waals surface area contributed by atoms with E-state index >= 15 is 0 Å². The van der Waals surface area contributed by atoms with Crippen LogP contribution in [0, 0.1) is 0 Å². The Morgan fingerprint density at radius 2 is 2.00 bits per heavy atom. The van der Waals surface area contributed by atoms with E-state index < -0.39 is 10.1 Å². The lowest BCUT2D eigenvalue weighted by molar-refractivity contribution is -0.672. The SMILES string of the molecule is CCCCn1c[n+](CCCS(=O)(=O)O)c2ccccc21. The molecule has 1 aromatic heterocycles. The Morgan fingerprint density at radius 3 is 2.70 bits per heavy atom. The summed E-state index contributed by atoms with van der Waals surface area (Å²) in [5.41, 5.74) is 2.26. The molecular weight excluding hydrogens is 276 g/mol. The molecule has 0 aliphatic rings. The minimum Gasteiger partial charge on any atom is -0.286 e. The van der Waals surface area contributed by atoms with Gasteiger partial charge >= 0.3 is 0 Å². The summed E-state index contributed by atoms with van der Waals surface area (Å²) in [6.45, 7) is 3.70. The molecule has 0 saturated carbocycles. The molecule has 1 N–H and O–H groups in total. The van der Waals surface area contributed by atoms with Gasteiger partial charge in [0.15, 0.2) is 11.0 Å². The van der Waals surface area contributed by atoms with Gasteiger partial charge in [-0.05, 0) is 18.6 Å². The fourth-order valence-corrected chi connectivity index (χ4v) is 2.84. The summed E-state index contributed by atoms with van der Waals surface area (Å²) in [7, 11) is -3.88. The van der Waals surface area contributed by atoms with Crippen LogP contribution < -0.4 is 4.57 Å². The minimum absolute atomic E-state index is 0.200. The summed E-state index contributed by atoms with van der Waals surface area (Å²) in [5.74, 6) is -0.200. The maximum absolute atomic E-state index is 10.8. The molecule has 0 spiro atoms. The van der Waals surface area contributed by atoms with E-state index in [2.05, 4.69) is 22.1 Å². The molecular formula is C14H21N2O3S+. The Bertz CT molecular complexity index is 677. The second-order valence-corrected chi connectivity index (χ2v) is 6.56. The Kier molecular flexibility index (Phi) is 4.77. The van der Waals surface area contributed by atoms with Gasteiger partial charge in [0.05, 0.1) is 18.8 Å². The second-order valence-electron chi connectivity index (χ2n) is 4.98. The molecule has 2 rings (SSSR count). The number of imidazole rings is 1. The predicted octanol–water partition coefficient (Wildman–Crippen LogP) is 2.01. The van der Waals surface area contributed by atoms with Crippen molar-refractivity contribution >= 4 is 21.2 Å². The lowest BCUT2D eigenvalue weighted by Gasteiger charge is -1.96. The number of rotatable bonds is 7. The number of aromatic nitrogens is 2. The lowest BCUT2D eigenvalue weighted by Crippen LogP contribution is -2.33. The number of hydrogen-bond donors (Lipinski definition) is 1. The van der Waals surface area contributed by atoms with Crippen LogP contribution in [0.3, 0.4) is 0 Å². The van der Waals surface area contributed by atoms with Crippen molar-refractivity contribution in [3.63, 3.8) is 0 Å². The quantitative estimate of drug-likeness (QED) is 0.628. The minimum atomic E-state index is -3.88. The van der Waals surface area contributed by atoms with Crippen LogP contribution in [0.15, 0.2) is 30.6 Å². The first-order chi connectivity index (χ1) is 9.51. The predicted molar refractivity (Wildman–Crippen MR) is 78.1 cm³/mol. The molecule has 1 heterocycles. The van der Waals surface area contributed by atoms with E-state index in [0.29, 0.717) is 13.0 Å². The molecule has 0 atom stereocenters. The van der Waals surface area contributed by atoms with Crippen molar-refractivity contribution in [2.45, 2.75) is 39.3 Å². The van der Waals surface area contributed by atoms with E-state index in [-0.39, 0.29) is 5.75 Å². The summed E-state index contributed by atoms with van der Waals surface area (Å²) in [5, 5.41) is 0. The maximum Gasteiger partial charge on any atom is 0.265 e. The highest BCUT2D eigenvalue weighted by atomic mass is 32.2. The van der Waals surface area contributed by atoms with Crippen molar-refractivity contribution in [2.75, 3.05) is 5.75 Å². The molecule has 110 valence electrons. The number of benzene rings is 1. The van der Waals surface area contributed by atoms with Crippen LogP contribution in [0.4, 0.5) is 0 Å². The van der Waals surface area contributed by atoms with Crippen LogP contribution in [0.5, 0.6) is 0 Å². The molecule has 0 unspecified atom stereocenters. The van der Waals surface area contributed by atoms with Gasteiger partial charge in [-0.1, -0.05) is 25.5 Å². The van der Waals surface area contributed by atoms with Crippen LogP contribution in [0.1, 0.15) is 26.2 Å². The first-order valence-electron chi connectivity index (χ1n) is 6.94. The first kappa shape index (κ1) is 15.0. The molecule has 0 amide bonds. The average molecular weight is 297 g/mol. The molecule has 0 saturated heterocycles. The lowest BCUT2D eigenvalue weighted by atomic mass is 10.3. The monoisotopic (exact) mass is 297 g/mol. The molecule has 6 heteroatoms. The van der Waals surface area contributed by atoms with E-state index in [0.717, 1.165) is 30.4 Å². The summed E-state index contributed by atoms with van der Waals surface area (Å²) in [6, 6.07) is 8.09. The van der Waals surface area contributed by atoms with Gasteiger partial charge in [0.25, 0.3) is 10.1 Å². The fraction of sp³-hybridized carbons (Fsp3) is 0.500. The van der Waals surface area contributed by atoms with Gasteiger partial charge in [0.1, 0.15) is 0 Å². The van der Waals surface area contributed by atoms with Crippen LogP contribution in [0.25, 0.3) is 11.0 Å². The van der Waals surface area contributed by atoms with Gasteiger partial charge in [0, 0.05) is 6.42 Å². The van der Waals surface area contributed by atoms with Crippen molar-refractivity contribution in [2.24, 2.45) is 0 Å². The standard InChI is InChI=1S/C14H20N2O3S/c1-2-3-9-15-12-16(10-6-11-20(17,18)19)14-8-5-4-7-13(14)15/h4-5,7-8,12H,2-3,6,9-11H2,1H3/p+1. The third-order valence-corrected chi connectivity index (χ3v) is 4.14. The van der Waals surface area contributed by atoms with Gasteiger partial charge in [-0.15, -0.1) is 0 Å². The van der Waals surface area contributed by atoms with Crippen LogP contribution in [-0.2, 0) is 23.2 Å².